The highest BCUT2D eigenvalue weighted by Crippen LogP contribution is 2.34. The Morgan fingerprint density at radius 2 is 1.78 bits per heavy atom. The van der Waals surface area contributed by atoms with Crippen LogP contribution >= 0.6 is 11.3 Å². The monoisotopic (exact) mass is 379 g/mol. The number of hydrogen-bond donors (Lipinski definition) is 1. The molecular weight excluding hydrogens is 362 g/mol. The van der Waals surface area contributed by atoms with Crippen molar-refractivity contribution in [1.82, 2.24) is 10.2 Å². The van der Waals surface area contributed by atoms with Crippen LogP contribution in [0.1, 0.15) is 26.5 Å². The van der Waals surface area contributed by atoms with Crippen molar-refractivity contribution in [1.29, 1.82) is 0 Å². The normalized spacial score (nSPS) is 12.3. The molecule has 1 aliphatic rings. The second-order valence-electron chi connectivity index (χ2n) is 5.95. The number of allylic oxidation sites excluding steroid dienone is 1. The summed E-state index contributed by atoms with van der Waals surface area (Å²) >= 11 is 1.35. The predicted molar refractivity (Wildman–Crippen MR) is 105 cm³/mol. The van der Waals surface area contributed by atoms with E-state index < -0.39 is 0 Å². The molecule has 1 amide bonds. The number of fused-ring (bicyclic) bond motifs is 1. The fourth-order valence-electron chi connectivity index (χ4n) is 3.06. The van der Waals surface area contributed by atoms with Gasteiger partial charge in [-0.3, -0.25) is 10.1 Å². The fraction of sp³-hybridized carbons (Fsp3) is 0.150. The largest absolute Gasteiger partial charge is 0.496 e. The van der Waals surface area contributed by atoms with Crippen LogP contribution in [0, 0.1) is 0 Å². The third-order valence-electron chi connectivity index (χ3n) is 4.34. The molecule has 0 saturated carbocycles. The smallest absolute Gasteiger partial charge is 0.265 e. The van der Waals surface area contributed by atoms with E-state index in [2.05, 4.69) is 33.7 Å². The van der Waals surface area contributed by atoms with Gasteiger partial charge in [0.05, 0.1) is 14.2 Å². The van der Waals surface area contributed by atoms with E-state index in [0.29, 0.717) is 22.2 Å². The van der Waals surface area contributed by atoms with Crippen molar-refractivity contribution in [3.8, 4) is 11.5 Å². The topological polar surface area (TPSA) is 73.3 Å². The lowest BCUT2D eigenvalue weighted by Crippen LogP contribution is -2.14. The van der Waals surface area contributed by atoms with Crippen molar-refractivity contribution in [2.45, 2.75) is 6.42 Å². The molecule has 1 heterocycles. The van der Waals surface area contributed by atoms with Crippen LogP contribution in [-0.4, -0.2) is 30.3 Å². The number of anilines is 1. The maximum Gasteiger partial charge on any atom is 0.265 e. The van der Waals surface area contributed by atoms with Crippen LogP contribution in [0.15, 0.2) is 42.5 Å². The molecule has 136 valence electrons. The molecular formula is C20H17N3O3S. The summed E-state index contributed by atoms with van der Waals surface area (Å²) < 4.78 is 10.6. The summed E-state index contributed by atoms with van der Waals surface area (Å²) in [5, 5.41) is 12.4. The van der Waals surface area contributed by atoms with Crippen molar-refractivity contribution in [3.63, 3.8) is 0 Å². The number of rotatable bonds is 5. The highest BCUT2D eigenvalue weighted by molar-refractivity contribution is 7.16. The summed E-state index contributed by atoms with van der Waals surface area (Å²) in [4.78, 5) is 12.7. The molecule has 1 aromatic heterocycles. The first kappa shape index (κ1) is 17.2. The van der Waals surface area contributed by atoms with Crippen LogP contribution in [0.2, 0.25) is 0 Å². The Labute approximate surface area is 160 Å². The van der Waals surface area contributed by atoms with Gasteiger partial charge < -0.3 is 9.47 Å². The van der Waals surface area contributed by atoms with E-state index in [1.165, 1.54) is 36.7 Å². The molecule has 6 nitrogen and oxygen atoms in total. The van der Waals surface area contributed by atoms with Crippen molar-refractivity contribution in [3.05, 3.63) is 64.2 Å². The Morgan fingerprint density at radius 3 is 2.48 bits per heavy atom. The van der Waals surface area contributed by atoms with E-state index in [9.17, 15) is 4.79 Å². The van der Waals surface area contributed by atoms with E-state index in [-0.39, 0.29) is 5.91 Å². The summed E-state index contributed by atoms with van der Waals surface area (Å²) in [7, 11) is 3.03. The first-order valence-electron chi connectivity index (χ1n) is 8.34. The fourth-order valence-corrected chi connectivity index (χ4v) is 3.81. The van der Waals surface area contributed by atoms with Crippen LogP contribution < -0.4 is 14.8 Å². The van der Waals surface area contributed by atoms with E-state index in [1.54, 1.807) is 18.2 Å². The average molecular weight is 379 g/mol. The number of nitrogens with one attached hydrogen (secondary N) is 1. The van der Waals surface area contributed by atoms with Crippen LogP contribution in [0.4, 0.5) is 5.13 Å². The Kier molecular flexibility index (Phi) is 4.60. The zero-order valence-corrected chi connectivity index (χ0v) is 15.7. The second kappa shape index (κ2) is 7.20. The zero-order chi connectivity index (χ0) is 18.8. The number of benzene rings is 2. The van der Waals surface area contributed by atoms with Gasteiger partial charge in [-0.2, -0.15) is 0 Å². The van der Waals surface area contributed by atoms with Gasteiger partial charge in [-0.05, 0) is 34.9 Å². The second-order valence-corrected chi connectivity index (χ2v) is 6.93. The molecule has 2 aromatic carbocycles. The Balaban J connectivity index is 1.55. The van der Waals surface area contributed by atoms with Crippen molar-refractivity contribution in [2.24, 2.45) is 0 Å². The van der Waals surface area contributed by atoms with Gasteiger partial charge in [-0.1, -0.05) is 41.7 Å². The summed E-state index contributed by atoms with van der Waals surface area (Å²) in [6, 6.07) is 13.4. The van der Waals surface area contributed by atoms with Crippen LogP contribution in [0.5, 0.6) is 11.5 Å². The molecule has 0 bridgehead atoms. The molecule has 0 aliphatic heterocycles. The molecule has 0 radical (unpaired) electrons. The Hall–Kier alpha value is -3.19. The van der Waals surface area contributed by atoms with Gasteiger partial charge in [0.1, 0.15) is 22.1 Å². The molecule has 0 saturated heterocycles. The number of amides is 1. The molecule has 27 heavy (non-hydrogen) atoms. The SMILES string of the molecule is COc1cccc(OC)c1C(=O)Nc1nnc(C2=Cc3ccccc3C2)s1. The molecule has 0 atom stereocenters. The predicted octanol–water partition coefficient (Wildman–Crippen LogP) is 3.90. The van der Waals surface area contributed by atoms with Crippen molar-refractivity contribution < 1.29 is 14.3 Å². The maximum atomic E-state index is 12.7. The standard InChI is InChI=1S/C20H17N3O3S/c1-25-15-8-5-9-16(26-2)17(15)18(24)21-20-23-22-19(27-20)14-10-12-6-3-4-7-13(12)11-14/h3-10H,11H2,1-2H3,(H,21,23,24). The van der Waals surface area contributed by atoms with Gasteiger partial charge in [0, 0.05) is 6.42 Å². The number of aromatic nitrogens is 2. The lowest BCUT2D eigenvalue weighted by Gasteiger charge is -2.11. The minimum Gasteiger partial charge on any atom is -0.496 e. The minimum atomic E-state index is -0.351. The number of hydrogen-bond acceptors (Lipinski definition) is 6. The van der Waals surface area contributed by atoms with Gasteiger partial charge in [0.15, 0.2) is 0 Å². The van der Waals surface area contributed by atoms with Crippen LogP contribution in [-0.2, 0) is 6.42 Å². The molecule has 1 N–H and O–H groups in total. The summed E-state index contributed by atoms with van der Waals surface area (Å²) in [5.74, 6) is 0.520. The average Bonchev–Trinajstić information content (AvgIpc) is 3.33. The van der Waals surface area contributed by atoms with E-state index in [4.69, 9.17) is 9.47 Å². The van der Waals surface area contributed by atoms with Crippen molar-refractivity contribution >= 4 is 34.0 Å². The number of nitrogens with zero attached hydrogens (tertiary/aromatic N) is 2. The van der Waals surface area contributed by atoms with Crippen LogP contribution in [0.3, 0.4) is 0 Å². The van der Waals surface area contributed by atoms with Crippen molar-refractivity contribution in [2.75, 3.05) is 19.5 Å². The molecule has 7 heteroatoms. The maximum absolute atomic E-state index is 12.7. The third kappa shape index (κ3) is 3.29. The minimum absolute atomic E-state index is 0.326. The quantitative estimate of drug-likeness (QED) is 0.728. The number of carbonyl (C=O) groups excluding carboxylic acids is 1. The molecule has 0 unspecified atom stereocenters. The Morgan fingerprint density at radius 1 is 1.04 bits per heavy atom. The summed E-state index contributed by atoms with van der Waals surface area (Å²) in [6.45, 7) is 0. The number of methoxy groups -OCH3 is 2. The number of carbonyl (C=O) groups is 1. The first-order valence-corrected chi connectivity index (χ1v) is 9.16. The summed E-state index contributed by atoms with van der Waals surface area (Å²) in [5.41, 5.74) is 3.90. The summed E-state index contributed by atoms with van der Waals surface area (Å²) in [6.07, 6.45) is 2.93. The van der Waals surface area contributed by atoms with Gasteiger partial charge in [0.2, 0.25) is 5.13 Å². The molecule has 0 fully saturated rings. The molecule has 1 aliphatic carbocycles. The van der Waals surface area contributed by atoms with Gasteiger partial charge >= 0.3 is 0 Å². The lowest BCUT2D eigenvalue weighted by molar-refractivity contribution is 0.102. The first-order chi connectivity index (χ1) is 13.2. The van der Waals surface area contributed by atoms with Crippen LogP contribution in [0.25, 0.3) is 11.6 Å². The lowest BCUT2D eigenvalue weighted by atomic mass is 10.1. The highest BCUT2D eigenvalue weighted by atomic mass is 32.1. The van der Waals surface area contributed by atoms with Gasteiger partial charge in [-0.15, -0.1) is 10.2 Å². The van der Waals surface area contributed by atoms with E-state index >= 15 is 0 Å². The Bertz CT molecular complexity index is 1020. The van der Waals surface area contributed by atoms with E-state index in [0.717, 1.165) is 17.0 Å². The van der Waals surface area contributed by atoms with E-state index in [1.807, 2.05) is 12.1 Å². The molecule has 3 aromatic rings. The molecule has 4 rings (SSSR count). The van der Waals surface area contributed by atoms with Gasteiger partial charge in [0.25, 0.3) is 5.91 Å². The molecule has 0 spiro atoms. The third-order valence-corrected chi connectivity index (χ3v) is 5.26. The van der Waals surface area contributed by atoms with Gasteiger partial charge in [-0.25, -0.2) is 0 Å². The zero-order valence-electron chi connectivity index (χ0n) is 14.9. The highest BCUT2D eigenvalue weighted by Gasteiger charge is 2.21. The number of ether oxygens (including phenoxy) is 2.